The van der Waals surface area contributed by atoms with Crippen molar-refractivity contribution in [3.05, 3.63) is 0 Å². The Balaban J connectivity index is 1.39. The average molecular weight is 350 g/mol. The maximum absolute atomic E-state index is 12.6. The van der Waals surface area contributed by atoms with E-state index < -0.39 is 5.54 Å². The molecule has 0 unspecified atom stereocenters. The molecule has 0 atom stereocenters. The van der Waals surface area contributed by atoms with Gasteiger partial charge in [-0.15, -0.1) is 0 Å². The fourth-order valence-electron chi connectivity index (χ4n) is 4.21. The summed E-state index contributed by atoms with van der Waals surface area (Å²) < 4.78 is 0. The quantitative estimate of drug-likeness (QED) is 0.706. The summed E-state index contributed by atoms with van der Waals surface area (Å²) in [6.45, 7) is 3.89. The van der Waals surface area contributed by atoms with E-state index in [1.54, 1.807) is 0 Å². The molecule has 4 amide bonds. The van der Waals surface area contributed by atoms with Crippen LogP contribution in [0.3, 0.4) is 0 Å². The summed E-state index contributed by atoms with van der Waals surface area (Å²) in [6, 6.07) is -0.340. The Hall–Kier alpha value is -1.63. The van der Waals surface area contributed by atoms with Crippen LogP contribution in [0.4, 0.5) is 4.79 Å². The number of piperidine rings is 1. The molecule has 0 aromatic rings. The number of nitrogens with zero attached hydrogens (tertiary/aromatic N) is 2. The van der Waals surface area contributed by atoms with Crippen LogP contribution in [-0.4, -0.2) is 65.9 Å². The highest BCUT2D eigenvalue weighted by Gasteiger charge is 2.50. The van der Waals surface area contributed by atoms with Crippen LogP contribution in [-0.2, 0) is 9.59 Å². The van der Waals surface area contributed by atoms with E-state index in [1.165, 1.54) is 24.2 Å². The zero-order valence-corrected chi connectivity index (χ0v) is 15.0. The van der Waals surface area contributed by atoms with Gasteiger partial charge in [-0.05, 0) is 38.8 Å². The molecule has 7 nitrogen and oxygen atoms in total. The van der Waals surface area contributed by atoms with Crippen LogP contribution in [0.5, 0.6) is 0 Å². The highest BCUT2D eigenvalue weighted by atomic mass is 16.2. The molecule has 25 heavy (non-hydrogen) atoms. The molecule has 0 radical (unpaired) electrons. The first-order valence-corrected chi connectivity index (χ1v) is 9.74. The van der Waals surface area contributed by atoms with E-state index in [0.29, 0.717) is 6.54 Å². The average Bonchev–Trinajstić information content (AvgIpc) is 2.84. The molecule has 1 saturated carbocycles. The standard InChI is InChI=1S/C18H30N4O3/c23-15(19-10-14-21-11-5-2-6-12-21)7-13-22-16(24)18(20-17(22)25)8-3-1-4-9-18/h1-14H2,(H,19,23)(H,20,25). The van der Waals surface area contributed by atoms with Gasteiger partial charge in [0.25, 0.3) is 5.91 Å². The van der Waals surface area contributed by atoms with Gasteiger partial charge in [0, 0.05) is 26.1 Å². The SMILES string of the molecule is O=C(CCN1C(=O)NC2(CCCCC2)C1=O)NCCN1CCCCC1. The molecule has 0 aromatic heterocycles. The molecule has 3 aliphatic rings. The molecule has 7 heteroatoms. The summed E-state index contributed by atoms with van der Waals surface area (Å²) in [4.78, 5) is 40.4. The van der Waals surface area contributed by atoms with E-state index >= 15 is 0 Å². The minimum atomic E-state index is -0.694. The molecule has 2 heterocycles. The van der Waals surface area contributed by atoms with Gasteiger partial charge in [-0.25, -0.2) is 4.79 Å². The van der Waals surface area contributed by atoms with E-state index in [-0.39, 0.29) is 30.8 Å². The molecule has 0 aromatic carbocycles. The molecular formula is C18H30N4O3. The third-order valence-corrected chi connectivity index (χ3v) is 5.71. The van der Waals surface area contributed by atoms with Crippen molar-refractivity contribution in [2.45, 2.75) is 63.3 Å². The maximum Gasteiger partial charge on any atom is 0.325 e. The Morgan fingerprint density at radius 1 is 1.00 bits per heavy atom. The van der Waals surface area contributed by atoms with Gasteiger partial charge in [-0.1, -0.05) is 25.7 Å². The van der Waals surface area contributed by atoms with E-state index in [9.17, 15) is 14.4 Å². The van der Waals surface area contributed by atoms with Crippen LogP contribution < -0.4 is 10.6 Å². The summed E-state index contributed by atoms with van der Waals surface area (Å²) in [5.74, 6) is -0.236. The Labute approximate surface area is 149 Å². The van der Waals surface area contributed by atoms with E-state index in [2.05, 4.69) is 15.5 Å². The zero-order chi connectivity index (χ0) is 17.7. The number of carbonyl (C=O) groups excluding carboxylic acids is 3. The van der Waals surface area contributed by atoms with Crippen molar-refractivity contribution in [1.82, 2.24) is 20.4 Å². The Morgan fingerprint density at radius 2 is 1.68 bits per heavy atom. The van der Waals surface area contributed by atoms with Gasteiger partial charge in [-0.3, -0.25) is 14.5 Å². The summed E-state index contributed by atoms with van der Waals surface area (Å²) in [6.07, 6.45) is 8.44. The van der Waals surface area contributed by atoms with Crippen molar-refractivity contribution >= 4 is 17.8 Å². The molecular weight excluding hydrogens is 320 g/mol. The number of likely N-dealkylation sites (tertiary alicyclic amines) is 1. The Kier molecular flexibility index (Phi) is 5.93. The van der Waals surface area contributed by atoms with Crippen LogP contribution >= 0.6 is 0 Å². The molecule has 1 aliphatic carbocycles. The van der Waals surface area contributed by atoms with Gasteiger partial charge in [0.15, 0.2) is 0 Å². The molecule has 2 saturated heterocycles. The fraction of sp³-hybridized carbons (Fsp3) is 0.833. The lowest BCUT2D eigenvalue weighted by Crippen LogP contribution is -2.48. The topological polar surface area (TPSA) is 81.8 Å². The zero-order valence-electron chi connectivity index (χ0n) is 15.0. The van der Waals surface area contributed by atoms with E-state index in [1.807, 2.05) is 0 Å². The number of amides is 4. The number of hydrogen-bond acceptors (Lipinski definition) is 4. The van der Waals surface area contributed by atoms with Crippen LogP contribution in [0.25, 0.3) is 0 Å². The molecule has 2 N–H and O–H groups in total. The lowest BCUT2D eigenvalue weighted by atomic mass is 9.82. The Bertz CT molecular complexity index is 510. The minimum Gasteiger partial charge on any atom is -0.355 e. The third-order valence-electron chi connectivity index (χ3n) is 5.71. The van der Waals surface area contributed by atoms with Crippen molar-refractivity contribution < 1.29 is 14.4 Å². The first-order chi connectivity index (χ1) is 12.1. The summed E-state index contributed by atoms with van der Waals surface area (Å²) in [5, 5.41) is 5.78. The number of carbonyl (C=O) groups is 3. The number of imide groups is 1. The smallest absolute Gasteiger partial charge is 0.325 e. The predicted octanol–water partition coefficient (Wildman–Crippen LogP) is 1.23. The van der Waals surface area contributed by atoms with Gasteiger partial charge in [-0.2, -0.15) is 0 Å². The Morgan fingerprint density at radius 3 is 2.40 bits per heavy atom. The van der Waals surface area contributed by atoms with Gasteiger partial charge in [0.05, 0.1) is 0 Å². The van der Waals surface area contributed by atoms with Gasteiger partial charge < -0.3 is 15.5 Å². The van der Waals surface area contributed by atoms with Gasteiger partial charge in [0.2, 0.25) is 5.91 Å². The second-order valence-corrected chi connectivity index (χ2v) is 7.53. The second kappa shape index (κ2) is 8.17. The van der Waals surface area contributed by atoms with E-state index in [0.717, 1.165) is 51.7 Å². The third kappa shape index (κ3) is 4.32. The summed E-state index contributed by atoms with van der Waals surface area (Å²) in [5.41, 5.74) is -0.694. The molecule has 3 rings (SSSR count). The van der Waals surface area contributed by atoms with Crippen LogP contribution in [0.2, 0.25) is 0 Å². The molecule has 140 valence electrons. The monoisotopic (exact) mass is 350 g/mol. The van der Waals surface area contributed by atoms with Crippen molar-refractivity contribution in [2.24, 2.45) is 0 Å². The van der Waals surface area contributed by atoms with Crippen LogP contribution in [0.1, 0.15) is 57.8 Å². The summed E-state index contributed by atoms with van der Waals surface area (Å²) >= 11 is 0. The number of hydrogen-bond donors (Lipinski definition) is 2. The second-order valence-electron chi connectivity index (χ2n) is 7.53. The van der Waals surface area contributed by atoms with Crippen LogP contribution in [0, 0.1) is 0 Å². The molecule has 3 fully saturated rings. The minimum absolute atomic E-state index is 0.0952. The van der Waals surface area contributed by atoms with Gasteiger partial charge >= 0.3 is 6.03 Å². The van der Waals surface area contributed by atoms with Gasteiger partial charge in [0.1, 0.15) is 5.54 Å². The molecule has 2 aliphatic heterocycles. The predicted molar refractivity (Wildman–Crippen MR) is 94.0 cm³/mol. The maximum atomic E-state index is 12.6. The van der Waals surface area contributed by atoms with E-state index in [4.69, 9.17) is 0 Å². The summed E-state index contributed by atoms with van der Waals surface area (Å²) in [7, 11) is 0. The number of nitrogens with one attached hydrogen (secondary N) is 2. The van der Waals surface area contributed by atoms with Crippen molar-refractivity contribution in [1.29, 1.82) is 0 Å². The first-order valence-electron chi connectivity index (χ1n) is 9.74. The van der Waals surface area contributed by atoms with Crippen molar-refractivity contribution in [3.8, 4) is 0 Å². The lowest BCUT2D eigenvalue weighted by molar-refractivity contribution is -0.132. The fourth-order valence-corrected chi connectivity index (χ4v) is 4.21. The first kappa shape index (κ1) is 18.2. The molecule has 1 spiro atoms. The number of rotatable bonds is 6. The normalized spacial score (nSPS) is 23.8. The van der Waals surface area contributed by atoms with Crippen LogP contribution in [0.15, 0.2) is 0 Å². The highest BCUT2D eigenvalue weighted by Crippen LogP contribution is 2.33. The largest absolute Gasteiger partial charge is 0.355 e. The lowest BCUT2D eigenvalue weighted by Gasteiger charge is -2.30. The molecule has 0 bridgehead atoms. The number of urea groups is 1. The van der Waals surface area contributed by atoms with Crippen molar-refractivity contribution in [3.63, 3.8) is 0 Å². The van der Waals surface area contributed by atoms with Crippen molar-refractivity contribution in [2.75, 3.05) is 32.7 Å². The highest BCUT2D eigenvalue weighted by molar-refractivity contribution is 6.07.